The molecule has 1 atom stereocenters. The Morgan fingerprint density at radius 3 is 2.79 bits per heavy atom. The lowest BCUT2D eigenvalue weighted by molar-refractivity contribution is 0.0621. The van der Waals surface area contributed by atoms with E-state index < -0.39 is 0 Å². The number of thiophene rings is 1. The number of hydrogen-bond donors (Lipinski definition) is 1. The highest BCUT2D eigenvalue weighted by atomic mass is 32.1. The number of likely N-dealkylation sites (N-methyl/N-ethyl adjacent to an activating group) is 1. The van der Waals surface area contributed by atoms with Crippen LogP contribution in [0.1, 0.15) is 31.7 Å². The lowest BCUT2D eigenvalue weighted by atomic mass is 10.2. The summed E-state index contributed by atoms with van der Waals surface area (Å²) in [6.07, 6.45) is 0.302. The molecule has 1 N–H and O–H groups in total. The molecule has 0 fully saturated rings. The van der Waals surface area contributed by atoms with Gasteiger partial charge < -0.3 is 10.1 Å². The summed E-state index contributed by atoms with van der Waals surface area (Å²) in [4.78, 5) is 1.35. The Balaban J connectivity index is 2.47. The van der Waals surface area contributed by atoms with Crippen LogP contribution >= 0.6 is 11.3 Å². The van der Waals surface area contributed by atoms with Crippen LogP contribution in [0.3, 0.4) is 0 Å². The maximum Gasteiger partial charge on any atom is 0.0672 e. The monoisotopic (exact) mass is 213 g/mol. The van der Waals surface area contributed by atoms with E-state index in [1.165, 1.54) is 4.88 Å². The highest BCUT2D eigenvalue weighted by Crippen LogP contribution is 2.19. The van der Waals surface area contributed by atoms with Gasteiger partial charge in [-0.15, -0.1) is 11.3 Å². The maximum atomic E-state index is 5.62. The average Bonchev–Trinajstić information content (AvgIpc) is 2.64. The Bertz CT molecular complexity index is 233. The standard InChI is InChI=1S/C11H19NOS/c1-4-12-10(8-13-9(2)3)11-6-5-7-14-11/h5-7,9-10,12H,4,8H2,1-3H3. The van der Waals surface area contributed by atoms with E-state index in [1.807, 2.05) is 0 Å². The van der Waals surface area contributed by atoms with Crippen LogP contribution in [0.4, 0.5) is 0 Å². The van der Waals surface area contributed by atoms with Gasteiger partial charge in [0, 0.05) is 4.88 Å². The molecule has 0 radical (unpaired) electrons. The first-order valence-electron chi connectivity index (χ1n) is 5.12. The molecule has 14 heavy (non-hydrogen) atoms. The smallest absolute Gasteiger partial charge is 0.0672 e. The molecule has 1 rings (SSSR count). The van der Waals surface area contributed by atoms with E-state index in [0.29, 0.717) is 12.1 Å². The molecule has 1 unspecified atom stereocenters. The largest absolute Gasteiger partial charge is 0.377 e. The highest BCUT2D eigenvalue weighted by molar-refractivity contribution is 7.10. The minimum atomic E-state index is 0.302. The number of nitrogens with one attached hydrogen (secondary N) is 1. The topological polar surface area (TPSA) is 21.3 Å². The molecule has 1 aromatic heterocycles. The Morgan fingerprint density at radius 2 is 2.29 bits per heavy atom. The molecule has 0 aliphatic heterocycles. The molecule has 1 heterocycles. The Morgan fingerprint density at radius 1 is 1.50 bits per heavy atom. The van der Waals surface area contributed by atoms with E-state index >= 15 is 0 Å². The van der Waals surface area contributed by atoms with E-state index in [1.54, 1.807) is 11.3 Å². The van der Waals surface area contributed by atoms with Crippen molar-refractivity contribution in [1.29, 1.82) is 0 Å². The third-order valence-corrected chi connectivity index (χ3v) is 2.92. The quantitative estimate of drug-likeness (QED) is 0.784. The van der Waals surface area contributed by atoms with Crippen molar-refractivity contribution in [1.82, 2.24) is 5.32 Å². The third-order valence-electron chi connectivity index (χ3n) is 1.93. The fourth-order valence-corrected chi connectivity index (χ4v) is 2.05. The normalized spacial score (nSPS) is 13.4. The summed E-state index contributed by atoms with van der Waals surface area (Å²) in [5, 5.41) is 5.53. The van der Waals surface area contributed by atoms with E-state index in [4.69, 9.17) is 4.74 Å². The fourth-order valence-electron chi connectivity index (χ4n) is 1.27. The summed E-state index contributed by atoms with van der Waals surface area (Å²) in [7, 11) is 0. The zero-order chi connectivity index (χ0) is 10.4. The molecule has 2 nitrogen and oxygen atoms in total. The van der Waals surface area contributed by atoms with Gasteiger partial charge >= 0.3 is 0 Å². The lowest BCUT2D eigenvalue weighted by Gasteiger charge is -2.18. The molecular weight excluding hydrogens is 194 g/mol. The summed E-state index contributed by atoms with van der Waals surface area (Å²) >= 11 is 1.78. The van der Waals surface area contributed by atoms with Crippen molar-refractivity contribution in [3.05, 3.63) is 22.4 Å². The van der Waals surface area contributed by atoms with E-state index in [2.05, 4.69) is 43.6 Å². The first-order valence-corrected chi connectivity index (χ1v) is 6.00. The summed E-state index contributed by atoms with van der Waals surface area (Å²) in [6, 6.07) is 4.59. The second kappa shape index (κ2) is 6.17. The molecule has 0 saturated carbocycles. The predicted octanol–water partition coefficient (Wildman–Crippen LogP) is 2.82. The Labute approximate surface area is 90.3 Å². The first-order chi connectivity index (χ1) is 6.74. The predicted molar refractivity (Wildman–Crippen MR) is 61.8 cm³/mol. The van der Waals surface area contributed by atoms with Crippen LogP contribution in [0.15, 0.2) is 17.5 Å². The number of hydrogen-bond acceptors (Lipinski definition) is 3. The Hall–Kier alpha value is -0.380. The second-order valence-corrected chi connectivity index (χ2v) is 4.49. The maximum absolute atomic E-state index is 5.62. The van der Waals surface area contributed by atoms with Gasteiger partial charge in [0.1, 0.15) is 0 Å². The van der Waals surface area contributed by atoms with Crippen molar-refractivity contribution in [2.24, 2.45) is 0 Å². The van der Waals surface area contributed by atoms with Crippen molar-refractivity contribution < 1.29 is 4.74 Å². The number of ether oxygens (including phenoxy) is 1. The van der Waals surface area contributed by atoms with Gasteiger partial charge in [-0.2, -0.15) is 0 Å². The molecule has 0 aliphatic carbocycles. The van der Waals surface area contributed by atoms with Crippen molar-refractivity contribution in [2.45, 2.75) is 32.9 Å². The molecule has 0 aliphatic rings. The van der Waals surface area contributed by atoms with Gasteiger partial charge in [-0.3, -0.25) is 0 Å². The van der Waals surface area contributed by atoms with Gasteiger partial charge in [0.15, 0.2) is 0 Å². The van der Waals surface area contributed by atoms with Crippen LogP contribution < -0.4 is 5.32 Å². The zero-order valence-electron chi connectivity index (χ0n) is 9.12. The van der Waals surface area contributed by atoms with Crippen molar-refractivity contribution in [2.75, 3.05) is 13.2 Å². The third kappa shape index (κ3) is 3.78. The average molecular weight is 213 g/mol. The van der Waals surface area contributed by atoms with Crippen LogP contribution in [0.2, 0.25) is 0 Å². The molecule has 0 saturated heterocycles. The van der Waals surface area contributed by atoms with Crippen LogP contribution in [-0.4, -0.2) is 19.3 Å². The van der Waals surface area contributed by atoms with Gasteiger partial charge in [0.2, 0.25) is 0 Å². The van der Waals surface area contributed by atoms with Gasteiger partial charge in [-0.1, -0.05) is 13.0 Å². The summed E-state index contributed by atoms with van der Waals surface area (Å²) < 4.78 is 5.62. The zero-order valence-corrected chi connectivity index (χ0v) is 9.93. The Kier molecular flexibility index (Phi) is 5.15. The van der Waals surface area contributed by atoms with Gasteiger partial charge in [-0.25, -0.2) is 0 Å². The van der Waals surface area contributed by atoms with Crippen LogP contribution in [-0.2, 0) is 4.74 Å². The summed E-state index contributed by atoms with van der Waals surface area (Å²) in [5.41, 5.74) is 0. The van der Waals surface area contributed by atoms with Crippen LogP contribution in [0.5, 0.6) is 0 Å². The van der Waals surface area contributed by atoms with Crippen molar-refractivity contribution in [3.63, 3.8) is 0 Å². The molecule has 80 valence electrons. The van der Waals surface area contributed by atoms with E-state index in [-0.39, 0.29) is 0 Å². The molecule has 0 aromatic carbocycles. The lowest BCUT2D eigenvalue weighted by Crippen LogP contribution is -2.25. The molecule has 0 amide bonds. The van der Waals surface area contributed by atoms with Gasteiger partial charge in [-0.05, 0) is 31.8 Å². The molecule has 1 aromatic rings. The second-order valence-electron chi connectivity index (χ2n) is 3.51. The SMILES string of the molecule is CCNC(COC(C)C)c1cccs1. The van der Waals surface area contributed by atoms with Gasteiger partial charge in [0.05, 0.1) is 18.8 Å². The molecule has 3 heteroatoms. The molecular formula is C11H19NOS. The minimum Gasteiger partial charge on any atom is -0.377 e. The van der Waals surface area contributed by atoms with Crippen molar-refractivity contribution >= 4 is 11.3 Å². The summed E-state index contributed by atoms with van der Waals surface area (Å²) in [5.74, 6) is 0. The summed E-state index contributed by atoms with van der Waals surface area (Å²) in [6.45, 7) is 7.99. The van der Waals surface area contributed by atoms with E-state index in [9.17, 15) is 0 Å². The number of rotatable bonds is 6. The molecule has 0 spiro atoms. The fraction of sp³-hybridized carbons (Fsp3) is 0.636. The van der Waals surface area contributed by atoms with E-state index in [0.717, 1.165) is 13.2 Å². The van der Waals surface area contributed by atoms with Gasteiger partial charge in [0.25, 0.3) is 0 Å². The first kappa shape index (κ1) is 11.7. The minimum absolute atomic E-state index is 0.302. The molecule has 0 bridgehead atoms. The van der Waals surface area contributed by atoms with Crippen LogP contribution in [0, 0.1) is 0 Å². The van der Waals surface area contributed by atoms with Crippen LogP contribution in [0.25, 0.3) is 0 Å². The highest BCUT2D eigenvalue weighted by Gasteiger charge is 2.11. The van der Waals surface area contributed by atoms with Crippen molar-refractivity contribution in [3.8, 4) is 0 Å².